The Bertz CT molecular complexity index is 1270. The normalized spacial score (nSPS) is 17.7. The molecule has 2 heterocycles. The summed E-state index contributed by atoms with van der Waals surface area (Å²) in [7, 11) is 0. The third kappa shape index (κ3) is 4.84. The highest BCUT2D eigenvalue weighted by molar-refractivity contribution is 6.46. The van der Waals surface area contributed by atoms with Crippen molar-refractivity contribution >= 4 is 29.1 Å². The first-order chi connectivity index (χ1) is 16.6. The molecule has 1 aliphatic heterocycles. The minimum Gasteiger partial charge on any atom is -0.507 e. The minimum atomic E-state index is -0.804. The zero-order valence-corrected chi connectivity index (χ0v) is 20.9. The molecule has 1 unspecified atom stereocenters. The number of rotatable bonds is 6. The fourth-order valence-corrected chi connectivity index (χ4v) is 4.43. The quantitative estimate of drug-likeness (QED) is 0.249. The number of furan rings is 1. The lowest BCUT2D eigenvalue weighted by Gasteiger charge is -2.25. The lowest BCUT2D eigenvalue weighted by Crippen LogP contribution is -2.29. The fourth-order valence-electron chi connectivity index (χ4n) is 4.31. The predicted molar refractivity (Wildman–Crippen MR) is 134 cm³/mol. The number of halogens is 1. The average Bonchev–Trinajstić information content (AvgIpc) is 3.41. The minimum absolute atomic E-state index is 0.0212. The number of aliphatic hydroxyl groups is 1. The molecule has 3 aromatic rings. The van der Waals surface area contributed by atoms with Gasteiger partial charge in [-0.15, -0.1) is 0 Å². The Morgan fingerprint density at radius 3 is 2.43 bits per heavy atom. The Balaban J connectivity index is 1.88. The van der Waals surface area contributed by atoms with Crippen molar-refractivity contribution in [1.29, 1.82) is 0 Å². The zero-order chi connectivity index (χ0) is 25.3. The number of hydrogen-bond donors (Lipinski definition) is 1. The second-order valence-electron chi connectivity index (χ2n) is 9.45. The topological polar surface area (TPSA) is 80.0 Å². The van der Waals surface area contributed by atoms with E-state index in [2.05, 4.69) is 0 Å². The molecule has 1 aromatic heterocycles. The van der Waals surface area contributed by atoms with Gasteiger partial charge in [0.15, 0.2) is 0 Å². The van der Waals surface area contributed by atoms with E-state index in [0.29, 0.717) is 34.3 Å². The lowest BCUT2D eigenvalue weighted by atomic mass is 9.84. The molecule has 1 fully saturated rings. The van der Waals surface area contributed by atoms with Gasteiger partial charge in [-0.2, -0.15) is 0 Å². The number of likely N-dealkylation sites (tertiary alicyclic amines) is 1. The molecule has 0 radical (unpaired) electrons. The number of Topliss-reactive ketones (excluding diaryl/α,β-unsaturated/α-hetero) is 1. The van der Waals surface area contributed by atoms with Gasteiger partial charge in [-0.05, 0) is 60.4 Å². The van der Waals surface area contributed by atoms with Crippen LogP contribution in [0.4, 0.5) is 0 Å². The molecule has 1 aliphatic rings. The third-order valence-electron chi connectivity index (χ3n) is 5.99. The van der Waals surface area contributed by atoms with E-state index in [-0.39, 0.29) is 23.3 Å². The molecular formula is C28H28ClNO5. The maximum Gasteiger partial charge on any atom is 0.296 e. The third-order valence-corrected chi connectivity index (χ3v) is 6.24. The summed E-state index contributed by atoms with van der Waals surface area (Å²) in [4.78, 5) is 27.8. The van der Waals surface area contributed by atoms with Crippen LogP contribution in [0, 0.1) is 0 Å². The van der Waals surface area contributed by atoms with E-state index in [9.17, 15) is 14.7 Å². The van der Waals surface area contributed by atoms with Crippen LogP contribution >= 0.6 is 11.6 Å². The maximum atomic E-state index is 13.3. The Labute approximate surface area is 209 Å². The first kappa shape index (κ1) is 24.6. The molecule has 6 nitrogen and oxygen atoms in total. The molecule has 182 valence electrons. The smallest absolute Gasteiger partial charge is 0.296 e. The second kappa shape index (κ2) is 9.62. The van der Waals surface area contributed by atoms with Gasteiger partial charge in [-0.1, -0.05) is 44.5 Å². The fraction of sp³-hybridized carbons (Fsp3) is 0.286. The van der Waals surface area contributed by atoms with E-state index >= 15 is 0 Å². The molecule has 1 saturated heterocycles. The Hall–Kier alpha value is -3.51. The van der Waals surface area contributed by atoms with Gasteiger partial charge < -0.3 is 19.2 Å². The summed E-state index contributed by atoms with van der Waals surface area (Å²) in [5, 5.41) is 12.0. The molecule has 35 heavy (non-hydrogen) atoms. The number of carbonyl (C=O) groups excluding carboxylic acids is 2. The van der Waals surface area contributed by atoms with Crippen LogP contribution in [0.5, 0.6) is 5.75 Å². The number of carbonyl (C=O) groups is 2. The van der Waals surface area contributed by atoms with E-state index < -0.39 is 17.7 Å². The largest absolute Gasteiger partial charge is 0.507 e. The molecule has 2 aromatic carbocycles. The summed E-state index contributed by atoms with van der Waals surface area (Å²) in [6, 6.07) is 14.8. The molecule has 7 heteroatoms. The van der Waals surface area contributed by atoms with E-state index in [0.717, 1.165) is 5.56 Å². The number of benzene rings is 2. The number of ether oxygens (including phenoxy) is 1. The van der Waals surface area contributed by atoms with Crippen molar-refractivity contribution in [3.8, 4) is 5.75 Å². The van der Waals surface area contributed by atoms with E-state index in [4.69, 9.17) is 20.8 Å². The summed E-state index contributed by atoms with van der Waals surface area (Å²) in [6.45, 7) is 8.63. The first-order valence-electron chi connectivity index (χ1n) is 11.5. The van der Waals surface area contributed by atoms with Crippen molar-refractivity contribution in [1.82, 2.24) is 4.90 Å². The molecule has 1 atom stereocenters. The Kier molecular flexibility index (Phi) is 6.77. The number of amides is 1. The van der Waals surface area contributed by atoms with Gasteiger partial charge in [0.2, 0.25) is 0 Å². The summed E-state index contributed by atoms with van der Waals surface area (Å²) in [5.74, 6) is -0.449. The van der Waals surface area contributed by atoms with Gasteiger partial charge in [0, 0.05) is 16.1 Å². The summed E-state index contributed by atoms with van der Waals surface area (Å²) >= 11 is 6.09. The van der Waals surface area contributed by atoms with Gasteiger partial charge in [-0.25, -0.2) is 0 Å². The van der Waals surface area contributed by atoms with Gasteiger partial charge in [0.05, 0.1) is 31.0 Å². The van der Waals surface area contributed by atoms with Crippen LogP contribution in [0.15, 0.2) is 70.9 Å². The molecule has 0 bridgehead atoms. The van der Waals surface area contributed by atoms with Gasteiger partial charge in [0.25, 0.3) is 11.7 Å². The molecule has 0 spiro atoms. The Morgan fingerprint density at radius 1 is 1.11 bits per heavy atom. The van der Waals surface area contributed by atoms with Crippen LogP contribution in [-0.4, -0.2) is 28.3 Å². The van der Waals surface area contributed by atoms with E-state index in [1.807, 2.05) is 33.8 Å². The summed E-state index contributed by atoms with van der Waals surface area (Å²) in [5.41, 5.74) is 1.73. The van der Waals surface area contributed by atoms with Crippen LogP contribution in [0.1, 0.15) is 56.2 Å². The first-order valence-corrected chi connectivity index (χ1v) is 11.8. The maximum absolute atomic E-state index is 13.3. The molecule has 0 aliphatic carbocycles. The molecule has 1 amide bonds. The van der Waals surface area contributed by atoms with Crippen molar-refractivity contribution in [2.45, 2.75) is 45.7 Å². The van der Waals surface area contributed by atoms with Crippen LogP contribution in [0.3, 0.4) is 0 Å². The van der Waals surface area contributed by atoms with Crippen LogP contribution in [0.2, 0.25) is 5.02 Å². The van der Waals surface area contributed by atoms with Crippen molar-refractivity contribution in [2.24, 2.45) is 0 Å². The van der Waals surface area contributed by atoms with Crippen LogP contribution in [0.25, 0.3) is 5.76 Å². The number of nitrogens with zero attached hydrogens (tertiary/aromatic N) is 1. The number of hydrogen-bond acceptors (Lipinski definition) is 5. The van der Waals surface area contributed by atoms with Crippen LogP contribution < -0.4 is 4.74 Å². The summed E-state index contributed by atoms with van der Waals surface area (Å²) < 4.78 is 11.2. The molecule has 0 saturated carbocycles. The van der Waals surface area contributed by atoms with Crippen LogP contribution in [-0.2, 0) is 21.5 Å². The monoisotopic (exact) mass is 493 g/mol. The molecular weight excluding hydrogens is 466 g/mol. The number of aliphatic hydroxyl groups excluding tert-OH is 1. The lowest BCUT2D eigenvalue weighted by molar-refractivity contribution is -0.140. The van der Waals surface area contributed by atoms with E-state index in [1.165, 1.54) is 11.2 Å². The van der Waals surface area contributed by atoms with Crippen molar-refractivity contribution in [3.63, 3.8) is 0 Å². The van der Waals surface area contributed by atoms with Gasteiger partial charge >= 0.3 is 0 Å². The average molecular weight is 494 g/mol. The standard InChI is InChI=1S/C28H28ClNO5/c1-5-34-22-13-10-18(15-21(22)28(2,3)4)25(31)23-24(17-8-11-19(29)12-9-17)30(27(33)26(23)32)16-20-7-6-14-35-20/h6-15,24,31H,5,16H2,1-4H3/b25-23-. The highest BCUT2D eigenvalue weighted by Gasteiger charge is 2.46. The van der Waals surface area contributed by atoms with Crippen molar-refractivity contribution in [3.05, 3.63) is 93.9 Å². The van der Waals surface area contributed by atoms with Crippen molar-refractivity contribution < 1.29 is 23.8 Å². The highest BCUT2D eigenvalue weighted by Crippen LogP contribution is 2.42. The summed E-state index contributed by atoms with van der Waals surface area (Å²) in [6.07, 6.45) is 1.51. The van der Waals surface area contributed by atoms with E-state index in [1.54, 1.807) is 48.5 Å². The van der Waals surface area contributed by atoms with Gasteiger partial charge in [0.1, 0.15) is 17.3 Å². The Morgan fingerprint density at radius 2 is 1.83 bits per heavy atom. The number of ketones is 1. The molecule has 4 rings (SSSR count). The van der Waals surface area contributed by atoms with Crippen molar-refractivity contribution in [2.75, 3.05) is 6.61 Å². The van der Waals surface area contributed by atoms with Gasteiger partial charge in [-0.3, -0.25) is 9.59 Å². The highest BCUT2D eigenvalue weighted by atomic mass is 35.5. The second-order valence-corrected chi connectivity index (χ2v) is 9.89. The molecule has 1 N–H and O–H groups in total. The predicted octanol–water partition coefficient (Wildman–Crippen LogP) is 6.25. The SMILES string of the molecule is CCOc1ccc(/C(O)=C2/C(=O)C(=O)N(Cc3ccco3)C2c2ccc(Cl)cc2)cc1C(C)(C)C. The zero-order valence-electron chi connectivity index (χ0n) is 20.2.